The van der Waals surface area contributed by atoms with Crippen molar-refractivity contribution in [1.82, 2.24) is 0 Å². The van der Waals surface area contributed by atoms with Gasteiger partial charge in [-0.2, -0.15) is 10.2 Å². The van der Waals surface area contributed by atoms with Crippen molar-refractivity contribution in [1.29, 1.82) is 0 Å². The van der Waals surface area contributed by atoms with Gasteiger partial charge in [0.2, 0.25) is 0 Å². The smallest absolute Gasteiger partial charge is 0.0865 e. The molecule has 0 heterocycles. The number of hydrogen-bond acceptors (Lipinski definition) is 2. The van der Waals surface area contributed by atoms with Crippen LogP contribution in [0.1, 0.15) is 114 Å². The van der Waals surface area contributed by atoms with Crippen LogP contribution >= 0.6 is 0 Å². The Morgan fingerprint density at radius 3 is 1.85 bits per heavy atom. The van der Waals surface area contributed by atoms with E-state index in [4.69, 9.17) is 5.11 Å². The summed E-state index contributed by atoms with van der Waals surface area (Å²) in [6.07, 6.45) is 18.4. The van der Waals surface area contributed by atoms with Gasteiger partial charge >= 0.3 is 0 Å². The Morgan fingerprint density at radius 1 is 0.590 bits per heavy atom. The maximum absolute atomic E-state index is 4.69. The number of rotatable bonds is 17. The van der Waals surface area contributed by atoms with E-state index in [0.29, 0.717) is 0 Å². The van der Waals surface area contributed by atoms with Crippen LogP contribution in [-0.4, -0.2) is 0 Å². The summed E-state index contributed by atoms with van der Waals surface area (Å²) in [6.45, 7) is 8.86. The summed E-state index contributed by atoms with van der Waals surface area (Å²) in [5, 5.41) is 9.35. The topological polar surface area (TPSA) is 24.7 Å². The highest BCUT2D eigenvalue weighted by Gasteiger charge is 2.05. The monoisotopic (exact) mass is 522 g/mol. The number of azo groups is 1. The number of unbranched alkanes of at least 4 members (excludes halogenated alkanes) is 7. The molecule has 0 aromatic heterocycles. The molecule has 0 N–H and O–H groups in total. The lowest BCUT2D eigenvalue weighted by molar-refractivity contribution is 0.607. The minimum atomic E-state index is 0.927. The predicted octanol–water partition coefficient (Wildman–Crippen LogP) is 12.1. The summed E-state index contributed by atoms with van der Waals surface area (Å²) in [5.74, 6) is 0. The van der Waals surface area contributed by atoms with Gasteiger partial charge in [-0.3, -0.25) is 0 Å². The molecule has 2 nitrogen and oxygen atoms in total. The van der Waals surface area contributed by atoms with Crippen molar-refractivity contribution in [2.45, 2.75) is 111 Å². The molecule has 0 atom stereocenters. The predicted molar refractivity (Wildman–Crippen MR) is 171 cm³/mol. The maximum Gasteiger partial charge on any atom is 0.0865 e. The number of nitrogens with zero attached hydrogens (tertiary/aromatic N) is 2. The second-order valence-corrected chi connectivity index (χ2v) is 11.0. The van der Waals surface area contributed by atoms with E-state index in [2.05, 4.69) is 106 Å². The fraction of sp³-hybridized carbons (Fsp3) is 0.459. The molecule has 2 heteroatoms. The average Bonchev–Trinajstić information content (AvgIpc) is 2.96. The highest BCUT2D eigenvalue weighted by molar-refractivity contribution is 5.68. The van der Waals surface area contributed by atoms with Gasteiger partial charge in [-0.25, -0.2) is 0 Å². The Balaban J connectivity index is 1.78. The number of hydrogen-bond donors (Lipinski definition) is 0. The molecule has 3 aromatic carbocycles. The second-order valence-electron chi connectivity index (χ2n) is 11.0. The van der Waals surface area contributed by atoms with E-state index >= 15 is 0 Å². The van der Waals surface area contributed by atoms with Crippen LogP contribution in [0.25, 0.3) is 17.2 Å². The minimum Gasteiger partial charge on any atom is -0.155 e. The number of allylic oxidation sites excluding steroid dienone is 1. The molecule has 3 rings (SSSR count). The third-order valence-corrected chi connectivity index (χ3v) is 7.32. The fourth-order valence-corrected chi connectivity index (χ4v) is 5.11. The molecule has 0 saturated carbocycles. The van der Waals surface area contributed by atoms with Crippen LogP contribution in [0.4, 0.5) is 5.69 Å². The normalized spacial score (nSPS) is 11.9. The maximum atomic E-state index is 4.69. The summed E-state index contributed by atoms with van der Waals surface area (Å²) in [4.78, 5) is 0. The third-order valence-electron chi connectivity index (χ3n) is 7.32. The lowest BCUT2D eigenvalue weighted by atomic mass is 9.97. The van der Waals surface area contributed by atoms with Crippen LogP contribution in [0.5, 0.6) is 0 Å². The fourth-order valence-electron chi connectivity index (χ4n) is 5.11. The summed E-state index contributed by atoms with van der Waals surface area (Å²) in [6, 6.07) is 24.4. The zero-order valence-electron chi connectivity index (χ0n) is 25.0. The molecule has 0 spiro atoms. The van der Waals surface area contributed by atoms with Crippen molar-refractivity contribution < 1.29 is 0 Å². The van der Waals surface area contributed by atoms with E-state index in [9.17, 15) is 0 Å². The molecule has 0 fully saturated rings. The quantitative estimate of drug-likeness (QED) is 0.124. The first-order valence-electron chi connectivity index (χ1n) is 15.5. The Kier molecular flexibility index (Phi) is 13.8. The van der Waals surface area contributed by atoms with Crippen molar-refractivity contribution in [3.05, 3.63) is 94.7 Å². The molecule has 0 aliphatic heterocycles. The van der Waals surface area contributed by atoms with Crippen molar-refractivity contribution in [3.8, 4) is 11.1 Å². The minimum absolute atomic E-state index is 0.927. The van der Waals surface area contributed by atoms with Crippen molar-refractivity contribution in [3.63, 3.8) is 0 Å². The Hall–Kier alpha value is -3.00. The van der Waals surface area contributed by atoms with E-state index in [1.807, 2.05) is 0 Å². The Bertz CT molecular complexity index is 1170. The van der Waals surface area contributed by atoms with E-state index in [-0.39, 0.29) is 0 Å². The van der Waals surface area contributed by atoms with Crippen LogP contribution in [0.3, 0.4) is 0 Å². The summed E-state index contributed by atoms with van der Waals surface area (Å²) in [5.41, 5.74) is 9.80. The molecule has 0 aliphatic carbocycles. The lowest BCUT2D eigenvalue weighted by Crippen LogP contribution is -1.93. The molecule has 0 amide bonds. The van der Waals surface area contributed by atoms with E-state index < -0.39 is 0 Å². The van der Waals surface area contributed by atoms with Crippen LogP contribution in [-0.2, 0) is 19.3 Å². The zero-order chi connectivity index (χ0) is 27.7. The van der Waals surface area contributed by atoms with Crippen molar-refractivity contribution in [2.75, 3.05) is 0 Å². The van der Waals surface area contributed by atoms with Gasteiger partial charge in [-0.1, -0.05) is 120 Å². The van der Waals surface area contributed by atoms with E-state index in [1.54, 1.807) is 0 Å². The molecule has 0 radical (unpaired) electrons. The summed E-state index contributed by atoms with van der Waals surface area (Å²) >= 11 is 0. The third kappa shape index (κ3) is 11.3. The van der Waals surface area contributed by atoms with Gasteiger partial charge in [-0.15, -0.1) is 0 Å². The first-order valence-corrected chi connectivity index (χ1v) is 15.5. The average molecular weight is 523 g/mol. The van der Waals surface area contributed by atoms with E-state index in [1.165, 1.54) is 104 Å². The van der Waals surface area contributed by atoms with Gasteiger partial charge in [0.25, 0.3) is 0 Å². The molecule has 3 aromatic rings. The van der Waals surface area contributed by atoms with Crippen LogP contribution < -0.4 is 0 Å². The number of aryl methyl sites for hydroxylation is 3. The van der Waals surface area contributed by atoms with Crippen LogP contribution in [0.15, 0.2) is 82.7 Å². The first-order chi connectivity index (χ1) is 19.1. The van der Waals surface area contributed by atoms with Crippen LogP contribution in [0.2, 0.25) is 0 Å². The first kappa shape index (κ1) is 30.5. The van der Waals surface area contributed by atoms with Gasteiger partial charge in [0.05, 0.1) is 11.4 Å². The second kappa shape index (κ2) is 17.6. The molecule has 39 heavy (non-hydrogen) atoms. The van der Waals surface area contributed by atoms with Gasteiger partial charge in [0.15, 0.2) is 0 Å². The molecule has 0 unspecified atom stereocenters. The van der Waals surface area contributed by atoms with Gasteiger partial charge < -0.3 is 0 Å². The zero-order valence-corrected chi connectivity index (χ0v) is 25.0. The Labute approximate surface area is 238 Å². The van der Waals surface area contributed by atoms with Crippen LogP contribution in [0, 0.1) is 0 Å². The lowest BCUT2D eigenvalue weighted by Gasteiger charge is -2.09. The molecule has 208 valence electrons. The van der Waals surface area contributed by atoms with Gasteiger partial charge in [-0.05, 0) is 97.0 Å². The Morgan fingerprint density at radius 2 is 1.18 bits per heavy atom. The summed E-state index contributed by atoms with van der Waals surface area (Å²) < 4.78 is 0. The SMILES string of the molecule is CCCCCCCCc1cc(C=C(C)N=Nc2cc(CCCC)cc(-c3ccccc3)c2)cc(CCCC)c1. The molecule has 0 bridgehead atoms. The molecular weight excluding hydrogens is 472 g/mol. The highest BCUT2D eigenvalue weighted by atomic mass is 15.1. The summed E-state index contributed by atoms with van der Waals surface area (Å²) in [7, 11) is 0. The molecular formula is C37H50N2. The van der Waals surface area contributed by atoms with Crippen molar-refractivity contribution in [2.24, 2.45) is 10.2 Å². The van der Waals surface area contributed by atoms with Gasteiger partial charge in [0.1, 0.15) is 0 Å². The largest absolute Gasteiger partial charge is 0.155 e. The number of benzene rings is 3. The standard InChI is InChI=1S/C37H50N2/c1-5-8-11-12-13-15-20-32-24-31(18-9-6-2)25-34(26-32)23-30(4)38-39-37-28-33(19-10-7-3)27-36(29-37)35-21-16-14-17-22-35/h14,16-17,21-29H,5-13,15,18-20H2,1-4H3. The van der Waals surface area contributed by atoms with Crippen molar-refractivity contribution >= 4 is 11.8 Å². The molecule has 0 aliphatic rings. The van der Waals surface area contributed by atoms with E-state index in [0.717, 1.165) is 24.2 Å². The molecule has 0 saturated heterocycles. The highest BCUT2D eigenvalue weighted by Crippen LogP contribution is 2.28. The van der Waals surface area contributed by atoms with Gasteiger partial charge in [0, 0.05) is 0 Å².